The van der Waals surface area contributed by atoms with Gasteiger partial charge in [-0.05, 0) is 55.8 Å². The molecule has 0 amide bonds. The number of ether oxygens (including phenoxy) is 2. The fourth-order valence-electron chi connectivity index (χ4n) is 3.52. The molecule has 2 aliphatic heterocycles. The Kier molecular flexibility index (Phi) is 3.09. The molecule has 25 heavy (non-hydrogen) atoms. The van der Waals surface area contributed by atoms with Crippen LogP contribution in [-0.2, 0) is 5.41 Å². The lowest BCUT2D eigenvalue weighted by molar-refractivity contribution is -0.384. The summed E-state index contributed by atoms with van der Waals surface area (Å²) < 4.78 is 11.7. The summed E-state index contributed by atoms with van der Waals surface area (Å²) >= 11 is 0. The first-order valence-corrected chi connectivity index (χ1v) is 8.00. The van der Waals surface area contributed by atoms with Gasteiger partial charge in [0, 0.05) is 23.4 Å². The maximum atomic E-state index is 11.0. The van der Waals surface area contributed by atoms with Crippen LogP contribution in [-0.4, -0.2) is 17.8 Å². The van der Waals surface area contributed by atoms with Gasteiger partial charge in [-0.1, -0.05) is 0 Å². The first-order valence-electron chi connectivity index (χ1n) is 8.00. The van der Waals surface area contributed by atoms with E-state index < -0.39 is 10.6 Å². The number of non-ortho nitro benzene ring substituents is 1. The molecular weight excluding hydrogens is 320 g/mol. The van der Waals surface area contributed by atoms with Crippen molar-refractivity contribution in [1.82, 2.24) is 0 Å². The number of anilines is 1. The quantitative estimate of drug-likeness (QED) is 0.659. The van der Waals surface area contributed by atoms with Crippen LogP contribution in [0.5, 0.6) is 11.5 Å². The number of hydrogen-bond acceptors (Lipinski definition) is 5. The Morgan fingerprint density at radius 3 is 2.72 bits per heavy atom. The second-order valence-corrected chi connectivity index (χ2v) is 6.81. The molecule has 0 saturated heterocycles. The lowest BCUT2D eigenvalue weighted by Crippen LogP contribution is -2.53. The van der Waals surface area contributed by atoms with Crippen molar-refractivity contribution in [1.29, 1.82) is 0 Å². The van der Waals surface area contributed by atoms with Crippen molar-refractivity contribution in [3.8, 4) is 11.5 Å². The van der Waals surface area contributed by atoms with Gasteiger partial charge in [-0.2, -0.15) is 0 Å². The third-order valence-corrected chi connectivity index (χ3v) is 5.12. The number of nitro groups is 1. The van der Waals surface area contributed by atoms with Crippen LogP contribution in [0.1, 0.15) is 25.0 Å². The van der Waals surface area contributed by atoms with Crippen LogP contribution < -0.4 is 14.8 Å². The molecule has 0 saturated carbocycles. The summed E-state index contributed by atoms with van der Waals surface area (Å²) in [5, 5.41) is 14.4. The van der Waals surface area contributed by atoms with E-state index in [4.69, 9.17) is 9.47 Å². The summed E-state index contributed by atoms with van der Waals surface area (Å²) in [4.78, 5) is 10.6. The van der Waals surface area contributed by atoms with Crippen molar-refractivity contribution in [2.24, 2.45) is 0 Å². The summed E-state index contributed by atoms with van der Waals surface area (Å²) in [7, 11) is 1.65. The lowest BCUT2D eigenvalue weighted by atomic mass is 9.76. The highest BCUT2D eigenvalue weighted by atomic mass is 16.6. The number of methoxy groups -OCH3 is 1. The number of nitro benzene ring substituents is 1. The summed E-state index contributed by atoms with van der Waals surface area (Å²) in [6.45, 7) is 4.21. The molecule has 0 aliphatic carbocycles. The highest BCUT2D eigenvalue weighted by Crippen LogP contribution is 2.52. The number of nitrogens with zero attached hydrogens (tertiary/aromatic N) is 1. The molecule has 4 rings (SSSR count). The summed E-state index contributed by atoms with van der Waals surface area (Å²) in [5.74, 6) is 1.41. The zero-order valence-electron chi connectivity index (χ0n) is 14.2. The SMILES string of the molecule is COc1ccc2c(c1)C(C)(C)C1(C=Cc3cc([N+](=O)[O-])ccc3O1)N2. The van der Waals surface area contributed by atoms with Crippen LogP contribution in [0.4, 0.5) is 11.4 Å². The first kappa shape index (κ1) is 15.5. The molecule has 0 bridgehead atoms. The molecule has 6 heteroatoms. The van der Waals surface area contributed by atoms with Crippen molar-refractivity contribution in [2.75, 3.05) is 12.4 Å². The van der Waals surface area contributed by atoms with Crippen LogP contribution >= 0.6 is 0 Å². The predicted molar refractivity (Wildman–Crippen MR) is 95.1 cm³/mol. The molecule has 2 heterocycles. The Morgan fingerprint density at radius 1 is 1.20 bits per heavy atom. The van der Waals surface area contributed by atoms with Crippen molar-refractivity contribution >= 4 is 17.5 Å². The first-order chi connectivity index (χ1) is 11.9. The minimum atomic E-state index is -0.759. The van der Waals surface area contributed by atoms with Crippen LogP contribution in [0, 0.1) is 10.1 Å². The molecule has 1 atom stereocenters. The average molecular weight is 338 g/mol. The standard InChI is InChI=1S/C19H18N2O4/c1-18(2)15-11-14(24-3)5-6-16(15)20-19(18)9-8-12-10-13(21(22)23)4-7-17(12)25-19/h4-11,20H,1-3H3. The van der Waals surface area contributed by atoms with Gasteiger partial charge in [-0.25, -0.2) is 0 Å². The molecule has 6 nitrogen and oxygen atoms in total. The van der Waals surface area contributed by atoms with E-state index in [1.807, 2.05) is 30.4 Å². The third-order valence-electron chi connectivity index (χ3n) is 5.12. The molecule has 0 radical (unpaired) electrons. The van der Waals surface area contributed by atoms with Gasteiger partial charge in [0.05, 0.1) is 17.4 Å². The molecule has 1 unspecified atom stereocenters. The van der Waals surface area contributed by atoms with Gasteiger partial charge in [0.2, 0.25) is 5.72 Å². The Hall–Kier alpha value is -3.02. The molecule has 1 N–H and O–H groups in total. The van der Waals surface area contributed by atoms with Crippen LogP contribution in [0.2, 0.25) is 0 Å². The second-order valence-electron chi connectivity index (χ2n) is 6.81. The van der Waals surface area contributed by atoms with E-state index >= 15 is 0 Å². The molecule has 128 valence electrons. The van der Waals surface area contributed by atoms with Crippen molar-refractivity contribution in [3.05, 3.63) is 63.7 Å². The fourth-order valence-corrected chi connectivity index (χ4v) is 3.52. The number of fused-ring (bicyclic) bond motifs is 2. The predicted octanol–water partition coefficient (Wildman–Crippen LogP) is 4.11. The van der Waals surface area contributed by atoms with Gasteiger partial charge in [-0.15, -0.1) is 0 Å². The average Bonchev–Trinajstić information content (AvgIpc) is 2.81. The van der Waals surface area contributed by atoms with Gasteiger partial charge in [0.1, 0.15) is 11.5 Å². The zero-order valence-corrected chi connectivity index (χ0v) is 14.2. The normalized spacial score (nSPS) is 21.9. The Morgan fingerprint density at radius 2 is 2.00 bits per heavy atom. The maximum Gasteiger partial charge on any atom is 0.270 e. The van der Waals surface area contributed by atoms with Crippen molar-refractivity contribution in [3.63, 3.8) is 0 Å². The molecule has 0 aromatic heterocycles. The molecule has 1 spiro atoms. The number of nitrogens with one attached hydrogen (secondary N) is 1. The van der Waals surface area contributed by atoms with E-state index in [0.717, 1.165) is 17.0 Å². The zero-order chi connectivity index (χ0) is 17.8. The largest absolute Gasteiger partial charge is 0.497 e. The van der Waals surface area contributed by atoms with E-state index in [9.17, 15) is 10.1 Å². The van der Waals surface area contributed by atoms with Crippen molar-refractivity contribution in [2.45, 2.75) is 25.0 Å². The van der Waals surface area contributed by atoms with Crippen LogP contribution in [0.15, 0.2) is 42.5 Å². The van der Waals surface area contributed by atoms with E-state index in [1.54, 1.807) is 13.2 Å². The van der Waals surface area contributed by atoms with Gasteiger partial charge >= 0.3 is 0 Å². The highest BCUT2D eigenvalue weighted by molar-refractivity contribution is 5.72. The van der Waals surface area contributed by atoms with Crippen LogP contribution in [0.25, 0.3) is 6.08 Å². The summed E-state index contributed by atoms with van der Waals surface area (Å²) in [6, 6.07) is 10.5. The van der Waals surface area contributed by atoms with Crippen LogP contribution in [0.3, 0.4) is 0 Å². The van der Waals surface area contributed by atoms with Gasteiger partial charge in [-0.3, -0.25) is 10.1 Å². The molecule has 2 aromatic carbocycles. The monoisotopic (exact) mass is 338 g/mol. The molecular formula is C19H18N2O4. The fraction of sp³-hybridized carbons (Fsp3) is 0.263. The summed E-state index contributed by atoms with van der Waals surface area (Å²) in [6.07, 6.45) is 3.81. The summed E-state index contributed by atoms with van der Waals surface area (Å²) in [5.41, 5.74) is 1.71. The smallest absolute Gasteiger partial charge is 0.270 e. The third kappa shape index (κ3) is 2.10. The van der Waals surface area contributed by atoms with E-state index in [-0.39, 0.29) is 11.1 Å². The Bertz CT molecular complexity index is 920. The minimum absolute atomic E-state index is 0.0506. The highest BCUT2D eigenvalue weighted by Gasteiger charge is 2.54. The second kappa shape index (κ2) is 4.99. The van der Waals surface area contributed by atoms with Gasteiger partial charge in [0.15, 0.2) is 0 Å². The Labute approximate surface area is 145 Å². The minimum Gasteiger partial charge on any atom is -0.497 e. The van der Waals surface area contributed by atoms with Gasteiger partial charge in [0.25, 0.3) is 5.69 Å². The van der Waals surface area contributed by atoms with Crippen molar-refractivity contribution < 1.29 is 14.4 Å². The number of benzene rings is 2. The van der Waals surface area contributed by atoms with Gasteiger partial charge < -0.3 is 14.8 Å². The number of hydrogen-bond donors (Lipinski definition) is 1. The Balaban J connectivity index is 1.77. The maximum absolute atomic E-state index is 11.0. The molecule has 0 fully saturated rings. The molecule has 2 aliphatic rings. The lowest BCUT2D eigenvalue weighted by Gasteiger charge is -2.41. The van der Waals surface area contributed by atoms with E-state index in [0.29, 0.717) is 11.3 Å². The number of rotatable bonds is 2. The van der Waals surface area contributed by atoms with E-state index in [1.165, 1.54) is 12.1 Å². The topological polar surface area (TPSA) is 73.6 Å². The molecule has 2 aromatic rings. The van der Waals surface area contributed by atoms with E-state index in [2.05, 4.69) is 19.2 Å².